The summed E-state index contributed by atoms with van der Waals surface area (Å²) < 4.78 is 2.53. The third-order valence-electron chi connectivity index (χ3n) is 4.18. The minimum Gasteiger partial charge on any atom is -0.384 e. The smallest absolute Gasteiger partial charge is 0.332 e. The van der Waals surface area contributed by atoms with E-state index in [0.717, 1.165) is 15.1 Å². The summed E-state index contributed by atoms with van der Waals surface area (Å²) in [7, 11) is 1.46. The molecule has 0 radical (unpaired) electrons. The topological polar surface area (TPSA) is 82.9 Å². The van der Waals surface area contributed by atoms with Gasteiger partial charge in [0.1, 0.15) is 11.4 Å². The van der Waals surface area contributed by atoms with Gasteiger partial charge in [0.05, 0.1) is 10.7 Å². The fraction of sp³-hybridized carbons (Fsp3) is 0.316. The van der Waals surface area contributed by atoms with Crippen molar-refractivity contribution in [3.8, 4) is 11.3 Å². The molecule has 3 rings (SSSR count). The van der Waals surface area contributed by atoms with Gasteiger partial charge in [0.15, 0.2) is 0 Å². The Morgan fingerprint density at radius 2 is 2.04 bits per heavy atom. The number of benzene rings is 1. The first-order valence-electron chi connectivity index (χ1n) is 8.56. The molecule has 6 nitrogen and oxygen atoms in total. The van der Waals surface area contributed by atoms with Gasteiger partial charge in [-0.15, -0.1) is 11.3 Å². The molecule has 8 heteroatoms. The number of hydrogen-bond acceptors (Lipinski definition) is 5. The van der Waals surface area contributed by atoms with E-state index in [0.29, 0.717) is 23.7 Å². The molecule has 0 saturated carbocycles. The zero-order valence-electron chi connectivity index (χ0n) is 15.4. The van der Waals surface area contributed by atoms with E-state index in [1.165, 1.54) is 23.0 Å². The number of aromatic nitrogens is 3. The van der Waals surface area contributed by atoms with Crippen LogP contribution in [0, 0.1) is 5.92 Å². The van der Waals surface area contributed by atoms with E-state index in [9.17, 15) is 9.59 Å². The molecular weight excluding hydrogens is 384 g/mol. The van der Waals surface area contributed by atoms with Crippen LogP contribution in [0.5, 0.6) is 0 Å². The molecule has 27 heavy (non-hydrogen) atoms. The lowest BCUT2D eigenvalue weighted by atomic mass is 10.1. The van der Waals surface area contributed by atoms with Crippen LogP contribution in [0.2, 0.25) is 5.02 Å². The van der Waals surface area contributed by atoms with Crippen molar-refractivity contribution in [1.29, 1.82) is 0 Å². The summed E-state index contributed by atoms with van der Waals surface area (Å²) in [6, 6.07) is 7.57. The Morgan fingerprint density at radius 1 is 1.30 bits per heavy atom. The van der Waals surface area contributed by atoms with Crippen molar-refractivity contribution < 1.29 is 0 Å². The van der Waals surface area contributed by atoms with E-state index in [1.807, 2.05) is 38.1 Å². The average Bonchev–Trinajstić information content (AvgIpc) is 3.05. The lowest BCUT2D eigenvalue weighted by Gasteiger charge is -2.15. The molecule has 1 aromatic carbocycles. The minimum atomic E-state index is -0.433. The molecule has 0 atom stereocenters. The van der Waals surface area contributed by atoms with Gasteiger partial charge in [-0.1, -0.05) is 37.6 Å². The van der Waals surface area contributed by atoms with Crippen LogP contribution < -0.4 is 17.0 Å². The number of rotatable bonds is 5. The van der Waals surface area contributed by atoms with Gasteiger partial charge < -0.3 is 5.73 Å². The van der Waals surface area contributed by atoms with E-state index in [2.05, 4.69) is 4.98 Å². The predicted octanol–water partition coefficient (Wildman–Crippen LogP) is 3.15. The highest BCUT2D eigenvalue weighted by atomic mass is 35.5. The van der Waals surface area contributed by atoms with Crippen molar-refractivity contribution in [3.05, 3.63) is 66.1 Å². The number of nitrogens with zero attached hydrogens (tertiary/aromatic N) is 3. The van der Waals surface area contributed by atoms with Crippen LogP contribution in [0.1, 0.15) is 24.4 Å². The van der Waals surface area contributed by atoms with E-state index < -0.39 is 11.2 Å². The van der Waals surface area contributed by atoms with E-state index >= 15 is 0 Å². The first-order valence-corrected chi connectivity index (χ1v) is 9.82. The third kappa shape index (κ3) is 3.99. The summed E-state index contributed by atoms with van der Waals surface area (Å²) in [5.41, 5.74) is 7.17. The lowest BCUT2D eigenvalue weighted by Crippen LogP contribution is -2.41. The molecule has 0 spiro atoms. The van der Waals surface area contributed by atoms with Gasteiger partial charge in [-0.2, -0.15) is 0 Å². The highest BCUT2D eigenvalue weighted by molar-refractivity contribution is 7.10. The molecule has 0 saturated heterocycles. The molecule has 0 amide bonds. The Morgan fingerprint density at radius 3 is 2.70 bits per heavy atom. The van der Waals surface area contributed by atoms with Crippen LogP contribution in [-0.4, -0.2) is 14.1 Å². The maximum Gasteiger partial charge on any atom is 0.332 e. The summed E-state index contributed by atoms with van der Waals surface area (Å²) in [6.45, 7) is 4.41. The van der Waals surface area contributed by atoms with Crippen LogP contribution in [0.25, 0.3) is 11.3 Å². The Balaban J connectivity index is 2.04. The fourth-order valence-corrected chi connectivity index (χ4v) is 3.93. The van der Waals surface area contributed by atoms with Crippen molar-refractivity contribution in [2.45, 2.75) is 26.8 Å². The van der Waals surface area contributed by atoms with Gasteiger partial charge in [0, 0.05) is 30.4 Å². The van der Waals surface area contributed by atoms with Crippen molar-refractivity contribution in [1.82, 2.24) is 14.1 Å². The van der Waals surface area contributed by atoms with Crippen molar-refractivity contribution >= 4 is 28.8 Å². The molecule has 2 N–H and O–H groups in total. The molecule has 142 valence electrons. The molecule has 0 aliphatic rings. The molecule has 0 unspecified atom stereocenters. The van der Waals surface area contributed by atoms with Crippen LogP contribution in [0.4, 0.5) is 5.82 Å². The zero-order chi connectivity index (χ0) is 19.7. The molecule has 0 bridgehead atoms. The Labute approximate surface area is 165 Å². The molecule has 0 aliphatic carbocycles. The summed E-state index contributed by atoms with van der Waals surface area (Å²) in [4.78, 5) is 29.7. The molecule has 2 aromatic heterocycles. The Bertz CT molecular complexity index is 1100. The van der Waals surface area contributed by atoms with Gasteiger partial charge in [0.2, 0.25) is 0 Å². The summed E-state index contributed by atoms with van der Waals surface area (Å²) >= 11 is 7.48. The van der Waals surface area contributed by atoms with Crippen LogP contribution in [0.3, 0.4) is 0 Å². The second-order valence-electron chi connectivity index (χ2n) is 6.84. The Kier molecular flexibility index (Phi) is 5.53. The van der Waals surface area contributed by atoms with Crippen molar-refractivity contribution in [2.75, 3.05) is 5.73 Å². The number of halogens is 1. The largest absolute Gasteiger partial charge is 0.384 e. The number of anilines is 1. The summed E-state index contributed by atoms with van der Waals surface area (Å²) in [5.74, 6) is 0.376. The van der Waals surface area contributed by atoms with Crippen LogP contribution in [0.15, 0.2) is 39.2 Å². The van der Waals surface area contributed by atoms with Crippen molar-refractivity contribution in [2.24, 2.45) is 13.0 Å². The molecule has 2 heterocycles. The van der Waals surface area contributed by atoms with Crippen LogP contribution >= 0.6 is 22.9 Å². The number of hydrogen-bond donors (Lipinski definition) is 1. The van der Waals surface area contributed by atoms with Gasteiger partial charge >= 0.3 is 5.69 Å². The van der Waals surface area contributed by atoms with E-state index in [-0.39, 0.29) is 17.3 Å². The minimum absolute atomic E-state index is 0.163. The second kappa shape index (κ2) is 7.70. The first kappa shape index (κ1) is 19.4. The molecule has 0 aliphatic heterocycles. The molecule has 3 aromatic rings. The SMILES string of the molecule is CC(C)Cn1c(N)c(-c2csc(Cc3cccc(Cl)c3)n2)c(=O)n(C)c1=O. The standard InChI is InChI=1S/C19H21ClN4O2S/c1-11(2)9-24-17(21)16(18(25)23(3)19(24)26)14-10-27-15(22-14)8-12-5-4-6-13(20)7-12/h4-7,10-11H,8-9,21H2,1-3H3. The molecular formula is C19H21ClN4O2S. The zero-order valence-corrected chi connectivity index (χ0v) is 17.0. The number of nitrogen functional groups attached to an aromatic ring is 1. The third-order valence-corrected chi connectivity index (χ3v) is 5.27. The normalized spacial score (nSPS) is 11.3. The highest BCUT2D eigenvalue weighted by Gasteiger charge is 2.19. The Hall–Kier alpha value is -2.38. The highest BCUT2D eigenvalue weighted by Crippen LogP contribution is 2.25. The monoisotopic (exact) mass is 404 g/mol. The van der Waals surface area contributed by atoms with E-state index in [4.69, 9.17) is 17.3 Å². The van der Waals surface area contributed by atoms with Gasteiger partial charge in [0.25, 0.3) is 5.56 Å². The van der Waals surface area contributed by atoms with E-state index in [1.54, 1.807) is 5.38 Å². The number of nitrogens with two attached hydrogens (primary N) is 1. The first-order chi connectivity index (χ1) is 12.8. The molecule has 0 fully saturated rings. The van der Waals surface area contributed by atoms with Crippen LogP contribution in [-0.2, 0) is 20.0 Å². The maximum atomic E-state index is 12.7. The fourth-order valence-electron chi connectivity index (χ4n) is 2.89. The van der Waals surface area contributed by atoms with Crippen molar-refractivity contribution in [3.63, 3.8) is 0 Å². The second-order valence-corrected chi connectivity index (χ2v) is 8.22. The number of thiazole rings is 1. The predicted molar refractivity (Wildman–Crippen MR) is 111 cm³/mol. The maximum absolute atomic E-state index is 12.7. The average molecular weight is 405 g/mol. The summed E-state index contributed by atoms with van der Waals surface area (Å²) in [5, 5.41) is 3.32. The van der Waals surface area contributed by atoms with Gasteiger partial charge in [-0.3, -0.25) is 13.9 Å². The van der Waals surface area contributed by atoms with Gasteiger partial charge in [-0.25, -0.2) is 9.78 Å². The van der Waals surface area contributed by atoms with Gasteiger partial charge in [-0.05, 0) is 23.6 Å². The quantitative estimate of drug-likeness (QED) is 0.708. The summed E-state index contributed by atoms with van der Waals surface area (Å²) in [6.07, 6.45) is 0.608. The lowest BCUT2D eigenvalue weighted by molar-refractivity contribution is 0.494.